The van der Waals surface area contributed by atoms with Crippen LogP contribution in [0.25, 0.3) is 0 Å². The van der Waals surface area contributed by atoms with E-state index in [1.165, 1.54) is 30.7 Å². The Balaban J connectivity index is 2.91. The van der Waals surface area contributed by atoms with Crippen molar-refractivity contribution < 1.29 is 13.9 Å². The van der Waals surface area contributed by atoms with Gasteiger partial charge < -0.3 is 4.74 Å². The number of rotatable bonds is 4. The molecule has 1 aromatic carbocycles. The fourth-order valence-corrected chi connectivity index (χ4v) is 1.15. The second-order valence-corrected chi connectivity index (χ2v) is 3.12. The van der Waals surface area contributed by atoms with Crippen LogP contribution in [0.2, 0.25) is 0 Å². The fraction of sp³-hybridized carbons (Fsp3) is 0.182. The van der Waals surface area contributed by atoms with Crippen LogP contribution in [0.5, 0.6) is 5.75 Å². The predicted octanol–water partition coefficient (Wildman–Crippen LogP) is 3.16. The van der Waals surface area contributed by atoms with Gasteiger partial charge in [-0.15, -0.1) is 0 Å². The Labute approximate surface area is 92.3 Å². The average Bonchev–Trinajstić information content (AvgIpc) is 2.18. The molecule has 0 aromatic heterocycles. The van der Waals surface area contributed by atoms with E-state index in [4.69, 9.17) is 16.3 Å². The number of carbonyl (C=O) groups is 1. The quantitative estimate of drug-likeness (QED) is 0.740. The third kappa shape index (κ3) is 3.36. The van der Waals surface area contributed by atoms with Crippen LogP contribution in [0.4, 0.5) is 4.39 Å². The molecule has 2 nitrogen and oxygen atoms in total. The second kappa shape index (κ2) is 5.51. The third-order valence-electron chi connectivity index (χ3n) is 1.75. The summed E-state index contributed by atoms with van der Waals surface area (Å²) in [5.41, 5.74) is 1.66. The molecule has 0 N–H and O–H groups in total. The van der Waals surface area contributed by atoms with E-state index >= 15 is 0 Å². The molecule has 0 unspecified atom stereocenters. The summed E-state index contributed by atoms with van der Waals surface area (Å²) in [5.74, 6) is -0.373. The summed E-state index contributed by atoms with van der Waals surface area (Å²) < 4.78 is 18.1. The summed E-state index contributed by atoms with van der Waals surface area (Å²) in [7, 11) is 0. The first kappa shape index (κ1) is 11.7. The molecule has 0 aliphatic rings. The highest BCUT2D eigenvalue weighted by atomic mass is 35.5. The molecule has 4 heteroatoms. The molecule has 15 heavy (non-hydrogen) atoms. The SMILES string of the molecule is CC(=O)c1ccc(F)cc1OCC=CCl. The first-order chi connectivity index (χ1) is 7.15. The normalized spacial score (nSPS) is 10.6. The number of hydrogen-bond acceptors (Lipinski definition) is 2. The van der Waals surface area contributed by atoms with Crippen molar-refractivity contribution >= 4 is 17.4 Å². The van der Waals surface area contributed by atoms with Crippen molar-refractivity contribution in [3.8, 4) is 5.75 Å². The molecular weight excluding hydrogens is 219 g/mol. The van der Waals surface area contributed by atoms with Crippen LogP contribution in [0.15, 0.2) is 29.8 Å². The molecule has 0 aliphatic heterocycles. The lowest BCUT2D eigenvalue weighted by atomic mass is 10.1. The molecule has 0 aliphatic carbocycles. The van der Waals surface area contributed by atoms with Crippen molar-refractivity contribution in [2.24, 2.45) is 0 Å². The molecule has 0 heterocycles. The van der Waals surface area contributed by atoms with E-state index < -0.39 is 5.82 Å². The van der Waals surface area contributed by atoms with E-state index in [1.54, 1.807) is 6.08 Å². The zero-order valence-corrected chi connectivity index (χ0v) is 8.92. The number of halogens is 2. The largest absolute Gasteiger partial charge is 0.489 e. The minimum atomic E-state index is -0.440. The number of carbonyl (C=O) groups excluding carboxylic acids is 1. The van der Waals surface area contributed by atoms with E-state index in [-0.39, 0.29) is 18.1 Å². The van der Waals surface area contributed by atoms with Gasteiger partial charge in [0.05, 0.1) is 5.56 Å². The van der Waals surface area contributed by atoms with E-state index in [0.717, 1.165) is 0 Å². The Kier molecular flexibility index (Phi) is 4.31. The Morgan fingerprint density at radius 2 is 2.33 bits per heavy atom. The zero-order valence-electron chi connectivity index (χ0n) is 8.17. The molecule has 0 atom stereocenters. The maximum Gasteiger partial charge on any atom is 0.163 e. The standard InChI is InChI=1S/C11H10ClFO2/c1-8(14)10-4-3-9(13)7-11(10)15-6-2-5-12/h2-5,7H,6H2,1H3. The minimum absolute atomic E-state index is 0.167. The average molecular weight is 229 g/mol. The zero-order chi connectivity index (χ0) is 11.3. The van der Waals surface area contributed by atoms with E-state index in [1.807, 2.05) is 0 Å². The van der Waals surface area contributed by atoms with Crippen molar-refractivity contribution in [3.05, 3.63) is 41.2 Å². The van der Waals surface area contributed by atoms with Crippen LogP contribution in [0.1, 0.15) is 17.3 Å². The van der Waals surface area contributed by atoms with Crippen LogP contribution in [0, 0.1) is 5.82 Å². The topological polar surface area (TPSA) is 26.3 Å². The summed E-state index contributed by atoms with van der Waals surface area (Å²) in [6, 6.07) is 3.80. The minimum Gasteiger partial charge on any atom is -0.489 e. The molecule has 80 valence electrons. The third-order valence-corrected chi connectivity index (χ3v) is 1.93. The van der Waals surface area contributed by atoms with Crippen molar-refractivity contribution in [2.45, 2.75) is 6.92 Å². The molecule has 0 saturated heterocycles. The molecule has 0 spiro atoms. The van der Waals surface area contributed by atoms with Gasteiger partial charge in [0.25, 0.3) is 0 Å². The van der Waals surface area contributed by atoms with Crippen LogP contribution < -0.4 is 4.74 Å². The highest BCUT2D eigenvalue weighted by Crippen LogP contribution is 2.20. The summed E-state index contributed by atoms with van der Waals surface area (Å²) in [4.78, 5) is 11.2. The van der Waals surface area contributed by atoms with Gasteiger partial charge in [-0.25, -0.2) is 4.39 Å². The van der Waals surface area contributed by atoms with Gasteiger partial charge in [0.15, 0.2) is 5.78 Å². The smallest absolute Gasteiger partial charge is 0.163 e. The highest BCUT2D eigenvalue weighted by Gasteiger charge is 2.08. The van der Waals surface area contributed by atoms with Gasteiger partial charge in [-0.1, -0.05) is 11.6 Å². The summed E-state index contributed by atoms with van der Waals surface area (Å²) in [5, 5.41) is 0. The van der Waals surface area contributed by atoms with Crippen molar-refractivity contribution in [1.29, 1.82) is 0 Å². The van der Waals surface area contributed by atoms with Gasteiger partial charge in [-0.05, 0) is 25.1 Å². The first-order valence-corrected chi connectivity index (χ1v) is 4.77. The molecule has 0 amide bonds. The van der Waals surface area contributed by atoms with Crippen LogP contribution in [0.3, 0.4) is 0 Å². The summed E-state index contributed by atoms with van der Waals surface area (Å²) in [6.45, 7) is 1.60. The number of Topliss-reactive ketones (excluding diaryl/α,β-unsaturated/α-hetero) is 1. The lowest BCUT2D eigenvalue weighted by Gasteiger charge is -2.07. The molecule has 0 radical (unpaired) electrons. The van der Waals surface area contributed by atoms with Crippen molar-refractivity contribution in [1.82, 2.24) is 0 Å². The Bertz CT molecular complexity index is 388. The van der Waals surface area contributed by atoms with Gasteiger partial charge >= 0.3 is 0 Å². The number of ether oxygens (including phenoxy) is 1. The van der Waals surface area contributed by atoms with Gasteiger partial charge in [-0.3, -0.25) is 4.79 Å². The Hall–Kier alpha value is -1.35. The Morgan fingerprint density at radius 1 is 1.60 bits per heavy atom. The molecule has 0 bridgehead atoms. The summed E-state index contributed by atoms with van der Waals surface area (Å²) >= 11 is 5.30. The lowest BCUT2D eigenvalue weighted by molar-refractivity contribution is 0.101. The number of benzene rings is 1. The number of ketones is 1. The molecule has 1 aromatic rings. The predicted molar refractivity (Wildman–Crippen MR) is 56.9 cm³/mol. The molecular formula is C11H10ClFO2. The monoisotopic (exact) mass is 228 g/mol. The maximum absolute atomic E-state index is 12.9. The fourth-order valence-electron chi connectivity index (χ4n) is 1.08. The first-order valence-electron chi connectivity index (χ1n) is 4.33. The number of hydrogen-bond donors (Lipinski definition) is 0. The van der Waals surface area contributed by atoms with Crippen molar-refractivity contribution in [3.63, 3.8) is 0 Å². The molecule has 0 saturated carbocycles. The Morgan fingerprint density at radius 3 is 2.93 bits per heavy atom. The van der Waals surface area contributed by atoms with E-state index in [9.17, 15) is 9.18 Å². The van der Waals surface area contributed by atoms with E-state index in [0.29, 0.717) is 5.56 Å². The lowest BCUT2D eigenvalue weighted by Crippen LogP contribution is -2.01. The van der Waals surface area contributed by atoms with Crippen LogP contribution in [-0.2, 0) is 0 Å². The van der Waals surface area contributed by atoms with Gasteiger partial charge in [-0.2, -0.15) is 0 Å². The highest BCUT2D eigenvalue weighted by molar-refractivity contribution is 6.25. The van der Waals surface area contributed by atoms with Crippen LogP contribution in [-0.4, -0.2) is 12.4 Å². The second-order valence-electron chi connectivity index (χ2n) is 2.87. The molecule has 1 rings (SSSR count). The van der Waals surface area contributed by atoms with Gasteiger partial charge in [0, 0.05) is 11.6 Å². The van der Waals surface area contributed by atoms with Crippen LogP contribution >= 0.6 is 11.6 Å². The molecule has 0 fully saturated rings. The van der Waals surface area contributed by atoms with Gasteiger partial charge in [0.2, 0.25) is 0 Å². The maximum atomic E-state index is 12.9. The summed E-state index contributed by atoms with van der Waals surface area (Å²) in [6.07, 6.45) is 1.55. The van der Waals surface area contributed by atoms with Gasteiger partial charge in [0.1, 0.15) is 18.2 Å². The van der Waals surface area contributed by atoms with Crippen molar-refractivity contribution in [2.75, 3.05) is 6.61 Å². The van der Waals surface area contributed by atoms with E-state index in [2.05, 4.69) is 0 Å².